The molecule has 3 unspecified atom stereocenters. The fourth-order valence-electron chi connectivity index (χ4n) is 3.51. The van der Waals surface area contributed by atoms with Crippen molar-refractivity contribution in [3.05, 3.63) is 0 Å². The number of nitrogens with one attached hydrogen (secondary N) is 1. The molecule has 0 aromatic carbocycles. The average molecular weight is 281 g/mol. The largest absolute Gasteiger partial charge is 0.325 e. The van der Waals surface area contributed by atoms with Gasteiger partial charge in [-0.3, -0.25) is 10.1 Å². The minimum Gasteiger partial charge on any atom is -0.325 e. The Labute approximate surface area is 123 Å². The molecule has 4 heteroatoms. The smallest absolute Gasteiger partial charge is 0.243 e. The predicted octanol–water partition coefficient (Wildman–Crippen LogP) is 2.05. The van der Waals surface area contributed by atoms with Gasteiger partial charge in [0, 0.05) is 19.1 Å². The molecule has 1 amide bonds. The second-order valence-corrected chi connectivity index (χ2v) is 6.95. The molecule has 0 saturated carbocycles. The number of likely N-dealkylation sites (tertiary alicyclic amines) is 1. The molecule has 2 aliphatic heterocycles. The van der Waals surface area contributed by atoms with Crippen LogP contribution in [0.2, 0.25) is 0 Å². The third kappa shape index (κ3) is 2.86. The summed E-state index contributed by atoms with van der Waals surface area (Å²) < 4.78 is 0. The number of amides is 1. The van der Waals surface area contributed by atoms with Crippen molar-refractivity contribution in [2.75, 3.05) is 19.6 Å². The molecule has 2 saturated heterocycles. The molecule has 3 atom stereocenters. The van der Waals surface area contributed by atoms with Gasteiger partial charge in [0.15, 0.2) is 0 Å². The number of hydrogen-bond donors (Lipinski definition) is 1. The summed E-state index contributed by atoms with van der Waals surface area (Å²) in [5.74, 6) is 0.936. The summed E-state index contributed by atoms with van der Waals surface area (Å²) in [5, 5.41) is 3.54. The Kier molecular flexibility index (Phi) is 4.75. The summed E-state index contributed by atoms with van der Waals surface area (Å²) >= 11 is 0. The Hall–Kier alpha value is -0.610. The quantitative estimate of drug-likeness (QED) is 0.838. The second-order valence-electron chi connectivity index (χ2n) is 6.95. The van der Waals surface area contributed by atoms with E-state index in [4.69, 9.17) is 0 Å². The van der Waals surface area contributed by atoms with Crippen molar-refractivity contribution in [1.29, 1.82) is 0 Å². The lowest BCUT2D eigenvalue weighted by molar-refractivity contribution is -0.133. The maximum absolute atomic E-state index is 12.7. The maximum atomic E-state index is 12.7. The standard InChI is InChI=1S/C16H31N3O/c1-6-14-17-16(5,7-2)15(20)19(14)11-13-8-9-18(10-13)12(3)4/h12-14,17H,6-11H2,1-5H3. The van der Waals surface area contributed by atoms with E-state index < -0.39 is 0 Å². The number of nitrogens with zero attached hydrogens (tertiary/aromatic N) is 2. The van der Waals surface area contributed by atoms with Gasteiger partial charge < -0.3 is 9.80 Å². The number of carbonyl (C=O) groups excluding carboxylic acids is 1. The normalized spacial score (nSPS) is 35.5. The third-order valence-electron chi connectivity index (χ3n) is 5.19. The van der Waals surface area contributed by atoms with Crippen molar-refractivity contribution in [2.24, 2.45) is 5.92 Å². The van der Waals surface area contributed by atoms with Crippen molar-refractivity contribution in [3.8, 4) is 0 Å². The van der Waals surface area contributed by atoms with Gasteiger partial charge in [0.25, 0.3) is 0 Å². The summed E-state index contributed by atoms with van der Waals surface area (Å²) in [5.41, 5.74) is -0.350. The molecular weight excluding hydrogens is 250 g/mol. The Bertz CT molecular complexity index is 358. The molecule has 116 valence electrons. The Balaban J connectivity index is 2.00. The lowest BCUT2D eigenvalue weighted by Crippen LogP contribution is -2.43. The number of carbonyl (C=O) groups is 1. The fraction of sp³-hybridized carbons (Fsp3) is 0.938. The van der Waals surface area contributed by atoms with E-state index in [1.165, 1.54) is 13.0 Å². The Morgan fingerprint density at radius 1 is 1.40 bits per heavy atom. The first-order chi connectivity index (χ1) is 9.41. The van der Waals surface area contributed by atoms with Gasteiger partial charge in [-0.2, -0.15) is 0 Å². The molecule has 0 radical (unpaired) electrons. The first-order valence-corrected chi connectivity index (χ1v) is 8.24. The summed E-state index contributed by atoms with van der Waals surface area (Å²) in [7, 11) is 0. The van der Waals surface area contributed by atoms with Gasteiger partial charge in [0.1, 0.15) is 0 Å². The highest BCUT2D eigenvalue weighted by Gasteiger charge is 2.46. The zero-order valence-electron chi connectivity index (χ0n) is 13.8. The molecule has 0 bridgehead atoms. The fourth-order valence-corrected chi connectivity index (χ4v) is 3.51. The van der Waals surface area contributed by atoms with Crippen LogP contribution in [0.3, 0.4) is 0 Å². The molecule has 2 fully saturated rings. The van der Waals surface area contributed by atoms with Crippen molar-refractivity contribution >= 4 is 5.91 Å². The van der Waals surface area contributed by atoms with Crippen LogP contribution in [0.15, 0.2) is 0 Å². The molecule has 2 aliphatic rings. The summed E-state index contributed by atoms with van der Waals surface area (Å²) in [6, 6.07) is 0.621. The van der Waals surface area contributed by atoms with Gasteiger partial charge in [0.2, 0.25) is 5.91 Å². The van der Waals surface area contributed by atoms with Crippen LogP contribution in [-0.2, 0) is 4.79 Å². The van der Waals surface area contributed by atoms with Gasteiger partial charge in [-0.25, -0.2) is 0 Å². The predicted molar refractivity (Wildman–Crippen MR) is 82.4 cm³/mol. The highest BCUT2D eigenvalue weighted by atomic mass is 16.2. The van der Waals surface area contributed by atoms with Crippen molar-refractivity contribution < 1.29 is 4.79 Å². The summed E-state index contributed by atoms with van der Waals surface area (Å²) in [6.45, 7) is 14.1. The van der Waals surface area contributed by atoms with E-state index in [1.807, 2.05) is 6.92 Å². The molecule has 20 heavy (non-hydrogen) atoms. The zero-order chi connectivity index (χ0) is 14.9. The van der Waals surface area contributed by atoms with E-state index >= 15 is 0 Å². The van der Waals surface area contributed by atoms with E-state index in [2.05, 4.69) is 42.8 Å². The highest BCUT2D eigenvalue weighted by molar-refractivity contribution is 5.88. The average Bonchev–Trinajstić information content (AvgIpc) is 2.98. The van der Waals surface area contributed by atoms with Crippen LogP contribution in [0.25, 0.3) is 0 Å². The molecule has 0 spiro atoms. The highest BCUT2D eigenvalue weighted by Crippen LogP contribution is 2.28. The zero-order valence-corrected chi connectivity index (χ0v) is 13.8. The van der Waals surface area contributed by atoms with E-state index in [1.54, 1.807) is 0 Å². The molecule has 2 heterocycles. The SMILES string of the molecule is CCC1NC(C)(CC)C(=O)N1CC1CCN(C(C)C)C1. The van der Waals surface area contributed by atoms with Crippen LogP contribution in [-0.4, -0.2) is 53.1 Å². The number of hydrogen-bond acceptors (Lipinski definition) is 3. The Morgan fingerprint density at radius 2 is 2.10 bits per heavy atom. The van der Waals surface area contributed by atoms with E-state index in [9.17, 15) is 4.79 Å². The summed E-state index contributed by atoms with van der Waals surface area (Å²) in [4.78, 5) is 17.3. The minimum absolute atomic E-state index is 0.223. The molecule has 0 aromatic heterocycles. The Morgan fingerprint density at radius 3 is 2.60 bits per heavy atom. The van der Waals surface area contributed by atoms with Crippen LogP contribution < -0.4 is 5.32 Å². The first-order valence-electron chi connectivity index (χ1n) is 8.24. The molecule has 2 rings (SSSR count). The molecule has 0 aromatic rings. The van der Waals surface area contributed by atoms with Crippen LogP contribution in [0, 0.1) is 5.92 Å². The monoisotopic (exact) mass is 281 g/mol. The van der Waals surface area contributed by atoms with Crippen molar-refractivity contribution in [1.82, 2.24) is 15.1 Å². The second kappa shape index (κ2) is 6.02. The van der Waals surface area contributed by atoms with Crippen LogP contribution in [0.1, 0.15) is 53.9 Å². The van der Waals surface area contributed by atoms with Gasteiger partial charge in [-0.05, 0) is 52.5 Å². The minimum atomic E-state index is -0.350. The maximum Gasteiger partial charge on any atom is 0.243 e. The lowest BCUT2D eigenvalue weighted by atomic mass is 9.99. The first kappa shape index (κ1) is 15.8. The van der Waals surface area contributed by atoms with Crippen LogP contribution in [0.4, 0.5) is 0 Å². The molecule has 4 nitrogen and oxygen atoms in total. The molecular formula is C16H31N3O. The lowest BCUT2D eigenvalue weighted by Gasteiger charge is -2.27. The van der Waals surface area contributed by atoms with Gasteiger partial charge in [0.05, 0.1) is 11.7 Å². The van der Waals surface area contributed by atoms with Crippen LogP contribution in [0.5, 0.6) is 0 Å². The number of rotatable bonds is 5. The van der Waals surface area contributed by atoms with E-state index in [-0.39, 0.29) is 11.7 Å². The molecule has 1 N–H and O–H groups in total. The van der Waals surface area contributed by atoms with E-state index in [0.29, 0.717) is 17.9 Å². The topological polar surface area (TPSA) is 35.6 Å². The molecule has 0 aliphatic carbocycles. The van der Waals surface area contributed by atoms with E-state index in [0.717, 1.165) is 25.9 Å². The van der Waals surface area contributed by atoms with Crippen LogP contribution >= 0.6 is 0 Å². The van der Waals surface area contributed by atoms with Crippen molar-refractivity contribution in [3.63, 3.8) is 0 Å². The van der Waals surface area contributed by atoms with Gasteiger partial charge >= 0.3 is 0 Å². The summed E-state index contributed by atoms with van der Waals surface area (Å²) in [6.07, 6.45) is 3.30. The third-order valence-corrected chi connectivity index (χ3v) is 5.19. The van der Waals surface area contributed by atoms with Gasteiger partial charge in [-0.1, -0.05) is 13.8 Å². The van der Waals surface area contributed by atoms with Gasteiger partial charge in [-0.15, -0.1) is 0 Å². The van der Waals surface area contributed by atoms with Crippen molar-refractivity contribution in [2.45, 2.75) is 71.6 Å².